The summed E-state index contributed by atoms with van der Waals surface area (Å²) < 4.78 is 40.7. The first-order valence-corrected chi connectivity index (χ1v) is 15.0. The predicted molar refractivity (Wildman–Crippen MR) is 154 cm³/mol. The number of nitrogens with zero attached hydrogens (tertiary/aromatic N) is 3. The number of esters is 1. The molecule has 43 heavy (non-hydrogen) atoms. The minimum absolute atomic E-state index is 0.0198. The van der Waals surface area contributed by atoms with Crippen molar-refractivity contribution in [1.82, 2.24) is 25.5 Å². The number of benzene rings is 1. The first kappa shape index (κ1) is 30.8. The summed E-state index contributed by atoms with van der Waals surface area (Å²) in [5, 5.41) is 5.98. The van der Waals surface area contributed by atoms with Gasteiger partial charge in [0.15, 0.2) is 5.69 Å². The van der Waals surface area contributed by atoms with Gasteiger partial charge in [0.25, 0.3) is 5.92 Å². The van der Waals surface area contributed by atoms with Crippen LogP contribution in [0.4, 0.5) is 8.78 Å². The quantitative estimate of drug-likeness (QED) is 0.381. The number of ether oxygens (including phenoxy) is 2. The van der Waals surface area contributed by atoms with Crippen molar-refractivity contribution in [3.05, 3.63) is 42.1 Å². The van der Waals surface area contributed by atoms with Crippen LogP contribution < -0.4 is 15.4 Å². The van der Waals surface area contributed by atoms with E-state index in [4.69, 9.17) is 9.47 Å². The fourth-order valence-electron chi connectivity index (χ4n) is 6.04. The highest BCUT2D eigenvalue weighted by atomic mass is 19.3. The van der Waals surface area contributed by atoms with E-state index in [0.29, 0.717) is 23.9 Å². The van der Waals surface area contributed by atoms with E-state index < -0.39 is 47.2 Å². The normalized spacial score (nSPS) is 29.1. The average molecular weight is 600 g/mol. The molecule has 12 heteroatoms. The second kappa shape index (κ2) is 12.5. The molecule has 1 saturated heterocycles. The van der Waals surface area contributed by atoms with Gasteiger partial charge in [0.05, 0.1) is 30.2 Å². The molecule has 2 amide bonds. The number of amides is 2. The minimum atomic E-state index is -3.35. The van der Waals surface area contributed by atoms with Crippen LogP contribution in [0.25, 0.3) is 11.0 Å². The zero-order valence-corrected chi connectivity index (χ0v) is 24.8. The molecule has 0 unspecified atom stereocenters. The SMILES string of the molecule is CCOC(=O)[C@@]12C[C@H]1/C=C\CCCCC[C@H](NC)C(=O)N1C[C@H](Oc3nc4ccccc4nc3C(C)(F)F)C[C@H]1C(=O)N2. The molecule has 1 aromatic carbocycles. The molecule has 3 aliphatic rings. The van der Waals surface area contributed by atoms with E-state index in [1.165, 1.54) is 4.90 Å². The Morgan fingerprint density at radius 3 is 2.63 bits per heavy atom. The molecule has 10 nitrogen and oxygen atoms in total. The van der Waals surface area contributed by atoms with E-state index in [1.807, 2.05) is 12.2 Å². The summed E-state index contributed by atoms with van der Waals surface area (Å²) in [6.07, 6.45) is 7.69. The highest BCUT2D eigenvalue weighted by molar-refractivity contribution is 5.96. The molecule has 2 aliphatic heterocycles. The Hall–Kier alpha value is -3.67. The Morgan fingerprint density at radius 1 is 1.19 bits per heavy atom. The van der Waals surface area contributed by atoms with Crippen LogP contribution in [0.5, 0.6) is 5.88 Å². The van der Waals surface area contributed by atoms with Crippen LogP contribution >= 0.6 is 0 Å². The molecule has 3 heterocycles. The zero-order chi connectivity index (χ0) is 30.8. The Bertz CT molecular complexity index is 1400. The number of likely N-dealkylation sites (N-methyl/N-ethyl adjacent to an activating group) is 1. The largest absolute Gasteiger partial charge is 0.471 e. The maximum Gasteiger partial charge on any atom is 0.332 e. The van der Waals surface area contributed by atoms with Crippen LogP contribution in [0.15, 0.2) is 36.4 Å². The number of alkyl halides is 2. The smallest absolute Gasteiger partial charge is 0.332 e. The van der Waals surface area contributed by atoms with E-state index >= 15 is 0 Å². The standard InChI is InChI=1S/C31H39F2N5O5/c1-4-42-29(41)31-17-19(31)12-8-6-5-7-9-15-23(34-3)28(40)38-18-20(16-24(38)26(39)37-31)43-27-25(30(2,32)33)35-21-13-10-11-14-22(21)36-27/h8,10-14,19-20,23-24,34H,4-7,9,15-18H2,1-3H3,(H,37,39)/b12-8-/t19-,20-,23+,24+,31-/m1/s1. The molecule has 0 bridgehead atoms. The van der Waals surface area contributed by atoms with Gasteiger partial charge in [-0.15, -0.1) is 0 Å². The van der Waals surface area contributed by atoms with E-state index in [1.54, 1.807) is 38.2 Å². The maximum atomic E-state index is 14.7. The number of fused-ring (bicyclic) bond motifs is 3. The van der Waals surface area contributed by atoms with Crippen molar-refractivity contribution in [1.29, 1.82) is 0 Å². The second-order valence-corrected chi connectivity index (χ2v) is 11.6. The number of para-hydroxylation sites is 2. The molecule has 1 saturated carbocycles. The molecule has 2 fully saturated rings. The van der Waals surface area contributed by atoms with Crippen LogP contribution in [-0.2, 0) is 25.0 Å². The van der Waals surface area contributed by atoms with Gasteiger partial charge in [-0.05, 0) is 51.8 Å². The summed E-state index contributed by atoms with van der Waals surface area (Å²) >= 11 is 0. The number of allylic oxidation sites excluding steroid dienone is 1. The van der Waals surface area contributed by atoms with Gasteiger partial charge in [0, 0.05) is 19.3 Å². The Morgan fingerprint density at radius 2 is 1.93 bits per heavy atom. The Balaban J connectivity index is 1.46. The van der Waals surface area contributed by atoms with Crippen LogP contribution in [0.3, 0.4) is 0 Å². The summed E-state index contributed by atoms with van der Waals surface area (Å²) in [7, 11) is 1.70. The van der Waals surface area contributed by atoms with E-state index in [0.717, 1.165) is 32.6 Å². The van der Waals surface area contributed by atoms with Gasteiger partial charge >= 0.3 is 5.97 Å². The van der Waals surface area contributed by atoms with E-state index in [9.17, 15) is 23.2 Å². The number of hydrogen-bond donors (Lipinski definition) is 2. The lowest BCUT2D eigenvalue weighted by atomic mass is 10.1. The predicted octanol–water partition coefficient (Wildman–Crippen LogP) is 3.64. The molecule has 1 aliphatic carbocycles. The van der Waals surface area contributed by atoms with Gasteiger partial charge in [0.2, 0.25) is 17.7 Å². The van der Waals surface area contributed by atoms with Gasteiger partial charge in [-0.1, -0.05) is 37.1 Å². The maximum absolute atomic E-state index is 14.7. The van der Waals surface area contributed by atoms with E-state index in [-0.39, 0.29) is 37.3 Å². The van der Waals surface area contributed by atoms with Gasteiger partial charge in [-0.25, -0.2) is 14.8 Å². The first-order chi connectivity index (χ1) is 20.6. The van der Waals surface area contributed by atoms with Crippen molar-refractivity contribution < 1.29 is 32.6 Å². The number of halogens is 2. The molecule has 2 aromatic rings. The van der Waals surface area contributed by atoms with Gasteiger partial charge in [-0.3, -0.25) is 9.59 Å². The minimum Gasteiger partial charge on any atom is -0.471 e. The molecule has 5 rings (SSSR count). The molecule has 0 radical (unpaired) electrons. The van der Waals surface area contributed by atoms with Gasteiger partial charge < -0.3 is 25.0 Å². The molecule has 5 atom stereocenters. The lowest BCUT2D eigenvalue weighted by Gasteiger charge is -2.29. The van der Waals surface area contributed by atoms with Crippen molar-refractivity contribution in [2.24, 2.45) is 5.92 Å². The molecular formula is C31H39F2N5O5. The lowest BCUT2D eigenvalue weighted by molar-refractivity contribution is -0.150. The average Bonchev–Trinajstić information content (AvgIpc) is 3.50. The molecule has 232 valence electrons. The van der Waals surface area contributed by atoms with Crippen molar-refractivity contribution in [3.63, 3.8) is 0 Å². The molecule has 1 aromatic heterocycles. The summed E-state index contributed by atoms with van der Waals surface area (Å²) in [5.74, 6) is -5.22. The lowest BCUT2D eigenvalue weighted by Crippen LogP contribution is -2.55. The third-order valence-corrected chi connectivity index (χ3v) is 8.46. The first-order valence-electron chi connectivity index (χ1n) is 15.0. The second-order valence-electron chi connectivity index (χ2n) is 11.6. The molecular weight excluding hydrogens is 560 g/mol. The number of rotatable bonds is 6. The van der Waals surface area contributed by atoms with Crippen LogP contribution in [0.2, 0.25) is 0 Å². The Labute approximate surface area is 249 Å². The van der Waals surface area contributed by atoms with Crippen LogP contribution in [0, 0.1) is 5.92 Å². The number of nitrogens with one attached hydrogen (secondary N) is 2. The summed E-state index contributed by atoms with van der Waals surface area (Å²) in [5.41, 5.74) is -1.14. The van der Waals surface area contributed by atoms with Gasteiger partial charge in [0.1, 0.15) is 17.7 Å². The van der Waals surface area contributed by atoms with Crippen LogP contribution in [0.1, 0.15) is 64.5 Å². The summed E-state index contributed by atoms with van der Waals surface area (Å²) in [6, 6.07) is 5.11. The summed E-state index contributed by atoms with van der Waals surface area (Å²) in [4.78, 5) is 50.6. The number of carbonyl (C=O) groups excluding carboxylic acids is 3. The van der Waals surface area contributed by atoms with Crippen LogP contribution in [-0.4, -0.2) is 76.6 Å². The number of carbonyl (C=O) groups is 3. The Kier molecular flexibility index (Phi) is 8.96. The van der Waals surface area contributed by atoms with Crippen molar-refractivity contribution in [2.75, 3.05) is 20.2 Å². The number of aromatic nitrogens is 2. The fourth-order valence-corrected chi connectivity index (χ4v) is 6.04. The van der Waals surface area contributed by atoms with Crippen molar-refractivity contribution in [3.8, 4) is 5.88 Å². The van der Waals surface area contributed by atoms with Crippen molar-refractivity contribution in [2.45, 2.75) is 88.4 Å². The van der Waals surface area contributed by atoms with Crippen molar-refractivity contribution >= 4 is 28.8 Å². The molecule has 0 spiro atoms. The number of hydrogen-bond acceptors (Lipinski definition) is 8. The third-order valence-electron chi connectivity index (χ3n) is 8.46. The fraction of sp³-hybridized carbons (Fsp3) is 0.581. The van der Waals surface area contributed by atoms with E-state index in [2.05, 4.69) is 20.6 Å². The highest BCUT2D eigenvalue weighted by Gasteiger charge is 2.62. The topological polar surface area (TPSA) is 123 Å². The third kappa shape index (κ3) is 6.48. The zero-order valence-electron chi connectivity index (χ0n) is 24.8. The van der Waals surface area contributed by atoms with Gasteiger partial charge in [-0.2, -0.15) is 8.78 Å². The monoisotopic (exact) mass is 599 g/mol. The molecule has 2 N–H and O–H groups in total. The highest BCUT2D eigenvalue weighted by Crippen LogP contribution is 2.46. The summed E-state index contributed by atoms with van der Waals surface area (Å²) in [6.45, 7) is 2.57.